The SMILES string of the molecule is COC(=O)c1ccc(CN2CCC3(CC2)C(=O)N(CCCc2ccncc2)C(=O)N3C)cc1. The number of methoxy groups -OCH3 is 1. The summed E-state index contributed by atoms with van der Waals surface area (Å²) in [5, 5.41) is 0. The molecule has 0 unspecified atom stereocenters. The van der Waals surface area contributed by atoms with E-state index in [4.69, 9.17) is 4.74 Å². The summed E-state index contributed by atoms with van der Waals surface area (Å²) >= 11 is 0. The van der Waals surface area contributed by atoms with E-state index < -0.39 is 5.54 Å². The van der Waals surface area contributed by atoms with E-state index in [9.17, 15) is 14.4 Å². The maximum absolute atomic E-state index is 13.3. The standard InChI is InChI=1S/C25H30N4O4/c1-27-24(32)29(15-3-4-19-9-13-26-14-10-19)23(31)25(27)11-16-28(17-12-25)18-20-5-7-21(8-6-20)22(30)33-2/h5-10,13-14H,3-4,11-12,15-18H2,1-2H3. The van der Waals surface area contributed by atoms with Crippen LogP contribution in [-0.2, 0) is 22.5 Å². The Balaban J connectivity index is 1.33. The molecule has 1 aromatic heterocycles. The van der Waals surface area contributed by atoms with Crippen LogP contribution in [0.4, 0.5) is 4.79 Å². The molecule has 2 saturated heterocycles. The molecule has 2 aliphatic rings. The van der Waals surface area contributed by atoms with Crippen LogP contribution in [0.25, 0.3) is 0 Å². The number of ether oxygens (including phenoxy) is 1. The molecule has 0 atom stereocenters. The number of nitrogens with zero attached hydrogens (tertiary/aromatic N) is 4. The maximum atomic E-state index is 13.3. The second-order valence-corrected chi connectivity index (χ2v) is 8.75. The molecule has 4 rings (SSSR count). The number of carbonyl (C=O) groups excluding carboxylic acids is 3. The number of carbonyl (C=O) groups is 3. The van der Waals surface area contributed by atoms with Gasteiger partial charge in [-0.3, -0.25) is 19.6 Å². The van der Waals surface area contributed by atoms with E-state index >= 15 is 0 Å². The first-order valence-corrected chi connectivity index (χ1v) is 11.3. The van der Waals surface area contributed by atoms with E-state index in [1.165, 1.54) is 12.0 Å². The van der Waals surface area contributed by atoms with Crippen molar-refractivity contribution in [3.63, 3.8) is 0 Å². The van der Waals surface area contributed by atoms with Gasteiger partial charge in [-0.25, -0.2) is 9.59 Å². The molecule has 0 N–H and O–H groups in total. The van der Waals surface area contributed by atoms with Gasteiger partial charge in [-0.15, -0.1) is 0 Å². The highest BCUT2D eigenvalue weighted by atomic mass is 16.5. The Kier molecular flexibility index (Phi) is 6.74. The third kappa shape index (κ3) is 4.61. The highest BCUT2D eigenvalue weighted by Crippen LogP contribution is 2.36. The molecule has 0 saturated carbocycles. The number of likely N-dealkylation sites (N-methyl/N-ethyl adjacent to an activating group) is 1. The van der Waals surface area contributed by atoms with Crippen molar-refractivity contribution in [1.29, 1.82) is 0 Å². The summed E-state index contributed by atoms with van der Waals surface area (Å²) in [5.41, 5.74) is 2.04. The molecular formula is C25H30N4O4. The summed E-state index contributed by atoms with van der Waals surface area (Å²) in [6.07, 6.45) is 6.29. The molecule has 3 amide bonds. The topological polar surface area (TPSA) is 83.0 Å². The van der Waals surface area contributed by atoms with Gasteiger partial charge in [0.1, 0.15) is 5.54 Å². The fraction of sp³-hybridized carbons (Fsp3) is 0.440. The van der Waals surface area contributed by atoms with Crippen molar-refractivity contribution >= 4 is 17.9 Å². The van der Waals surface area contributed by atoms with Crippen molar-refractivity contribution in [2.24, 2.45) is 0 Å². The van der Waals surface area contributed by atoms with E-state index in [-0.39, 0.29) is 17.9 Å². The Hall–Kier alpha value is -3.26. The van der Waals surface area contributed by atoms with Crippen molar-refractivity contribution in [2.75, 3.05) is 33.8 Å². The highest BCUT2D eigenvalue weighted by molar-refractivity contribution is 6.07. The van der Waals surface area contributed by atoms with Crippen molar-refractivity contribution in [3.8, 4) is 0 Å². The average Bonchev–Trinajstić information content (AvgIpc) is 3.02. The molecular weight excluding hydrogens is 420 g/mol. The van der Waals surface area contributed by atoms with Gasteiger partial charge in [-0.1, -0.05) is 12.1 Å². The van der Waals surface area contributed by atoms with E-state index in [0.29, 0.717) is 24.9 Å². The number of pyridine rings is 1. The second-order valence-electron chi connectivity index (χ2n) is 8.75. The zero-order valence-electron chi connectivity index (χ0n) is 19.2. The van der Waals surface area contributed by atoms with Crippen LogP contribution in [0.1, 0.15) is 40.7 Å². The van der Waals surface area contributed by atoms with Crippen LogP contribution in [0, 0.1) is 0 Å². The molecule has 2 aliphatic heterocycles. The predicted octanol–water partition coefficient (Wildman–Crippen LogP) is 2.73. The van der Waals surface area contributed by atoms with Crippen molar-refractivity contribution < 1.29 is 19.1 Å². The minimum absolute atomic E-state index is 0.0631. The first kappa shape index (κ1) is 22.9. The first-order chi connectivity index (χ1) is 15.9. The third-order valence-corrected chi connectivity index (χ3v) is 6.86. The van der Waals surface area contributed by atoms with Crippen LogP contribution in [0.5, 0.6) is 0 Å². The smallest absolute Gasteiger partial charge is 0.337 e. The van der Waals surface area contributed by atoms with Crippen LogP contribution in [0.2, 0.25) is 0 Å². The molecule has 0 bridgehead atoms. The molecule has 2 aromatic rings. The summed E-state index contributed by atoms with van der Waals surface area (Å²) < 4.78 is 4.74. The zero-order valence-corrected chi connectivity index (χ0v) is 19.2. The number of likely N-dealkylation sites (tertiary alicyclic amines) is 1. The summed E-state index contributed by atoms with van der Waals surface area (Å²) in [5.74, 6) is -0.411. The van der Waals surface area contributed by atoms with E-state index in [0.717, 1.165) is 43.6 Å². The number of aryl methyl sites for hydroxylation is 1. The Labute approximate surface area is 194 Å². The van der Waals surface area contributed by atoms with Crippen LogP contribution < -0.4 is 0 Å². The van der Waals surface area contributed by atoms with Gasteiger partial charge in [-0.2, -0.15) is 0 Å². The van der Waals surface area contributed by atoms with Crippen LogP contribution in [-0.4, -0.2) is 76.9 Å². The molecule has 1 spiro atoms. The van der Waals surface area contributed by atoms with Crippen molar-refractivity contribution in [3.05, 3.63) is 65.5 Å². The van der Waals surface area contributed by atoms with Crippen LogP contribution >= 0.6 is 0 Å². The van der Waals surface area contributed by atoms with Crippen LogP contribution in [0.3, 0.4) is 0 Å². The number of aromatic nitrogens is 1. The number of imide groups is 1. The fourth-order valence-electron chi connectivity index (χ4n) is 4.79. The minimum atomic E-state index is -0.737. The Morgan fingerprint density at radius 2 is 1.70 bits per heavy atom. The quantitative estimate of drug-likeness (QED) is 0.477. The highest BCUT2D eigenvalue weighted by Gasteiger charge is 2.56. The monoisotopic (exact) mass is 450 g/mol. The Morgan fingerprint density at radius 1 is 1.03 bits per heavy atom. The molecule has 3 heterocycles. The van der Waals surface area contributed by atoms with E-state index in [1.54, 1.807) is 36.5 Å². The summed E-state index contributed by atoms with van der Waals surface area (Å²) in [6, 6.07) is 11.1. The molecule has 2 fully saturated rings. The largest absolute Gasteiger partial charge is 0.465 e. The molecule has 8 heteroatoms. The molecule has 0 radical (unpaired) electrons. The lowest BCUT2D eigenvalue weighted by Crippen LogP contribution is -2.55. The Morgan fingerprint density at radius 3 is 2.33 bits per heavy atom. The summed E-state index contributed by atoms with van der Waals surface area (Å²) in [7, 11) is 3.12. The van der Waals surface area contributed by atoms with Gasteiger partial charge in [0.25, 0.3) is 5.91 Å². The van der Waals surface area contributed by atoms with E-state index in [1.807, 2.05) is 24.3 Å². The lowest BCUT2D eigenvalue weighted by Gasteiger charge is -2.40. The number of urea groups is 1. The van der Waals surface area contributed by atoms with Crippen LogP contribution in [0.15, 0.2) is 48.8 Å². The maximum Gasteiger partial charge on any atom is 0.337 e. The van der Waals surface area contributed by atoms with Gasteiger partial charge < -0.3 is 9.64 Å². The first-order valence-electron chi connectivity index (χ1n) is 11.3. The summed E-state index contributed by atoms with van der Waals surface area (Å²) in [6.45, 7) is 2.63. The molecule has 1 aromatic carbocycles. The fourth-order valence-corrected chi connectivity index (χ4v) is 4.79. The number of rotatable bonds is 7. The molecule has 8 nitrogen and oxygen atoms in total. The zero-order chi connectivity index (χ0) is 23.4. The lowest BCUT2D eigenvalue weighted by atomic mass is 9.86. The lowest BCUT2D eigenvalue weighted by molar-refractivity contribution is -0.135. The van der Waals surface area contributed by atoms with Gasteiger partial charge in [0.2, 0.25) is 0 Å². The molecule has 33 heavy (non-hydrogen) atoms. The summed E-state index contributed by atoms with van der Waals surface area (Å²) in [4.78, 5) is 47.2. The number of hydrogen-bond acceptors (Lipinski definition) is 6. The number of hydrogen-bond donors (Lipinski definition) is 0. The number of amides is 3. The van der Waals surface area contributed by atoms with Gasteiger partial charge >= 0.3 is 12.0 Å². The normalized spacial score (nSPS) is 18.2. The number of benzene rings is 1. The van der Waals surface area contributed by atoms with E-state index in [2.05, 4.69) is 9.88 Å². The Bertz CT molecular complexity index is 1000. The molecule has 174 valence electrons. The van der Waals surface area contributed by atoms with Gasteiger partial charge in [0.15, 0.2) is 0 Å². The number of esters is 1. The van der Waals surface area contributed by atoms with Gasteiger partial charge in [0, 0.05) is 45.6 Å². The van der Waals surface area contributed by atoms with Gasteiger partial charge in [-0.05, 0) is 61.1 Å². The minimum Gasteiger partial charge on any atom is -0.465 e. The number of piperidine rings is 1. The molecule has 0 aliphatic carbocycles. The third-order valence-electron chi connectivity index (χ3n) is 6.86. The van der Waals surface area contributed by atoms with Crippen molar-refractivity contribution in [1.82, 2.24) is 19.7 Å². The second kappa shape index (κ2) is 9.70. The average molecular weight is 451 g/mol. The van der Waals surface area contributed by atoms with Crippen molar-refractivity contribution in [2.45, 2.75) is 37.8 Å². The predicted molar refractivity (Wildman–Crippen MR) is 122 cm³/mol. The van der Waals surface area contributed by atoms with Gasteiger partial charge in [0.05, 0.1) is 12.7 Å².